The van der Waals surface area contributed by atoms with Crippen LogP contribution < -0.4 is 5.43 Å². The summed E-state index contributed by atoms with van der Waals surface area (Å²) in [5, 5.41) is 9.55. The van der Waals surface area contributed by atoms with Gasteiger partial charge in [0.05, 0.1) is 34.2 Å². The largest absolute Gasteiger partial charge is 0.416 e. The first kappa shape index (κ1) is 18.7. The fraction of sp³-hybridized carbons (Fsp3) is 0.0952. The van der Waals surface area contributed by atoms with Crippen molar-refractivity contribution in [2.75, 3.05) is 5.43 Å². The first-order chi connectivity index (χ1) is 13.9. The first-order valence-electron chi connectivity index (χ1n) is 8.79. The Labute approximate surface area is 164 Å². The number of pyridine rings is 1. The van der Waals surface area contributed by atoms with E-state index in [4.69, 9.17) is 0 Å². The minimum Gasteiger partial charge on any atom is -0.278 e. The van der Waals surface area contributed by atoms with E-state index in [2.05, 4.69) is 20.6 Å². The summed E-state index contributed by atoms with van der Waals surface area (Å²) in [6.45, 7) is 1.88. The van der Waals surface area contributed by atoms with Crippen molar-refractivity contribution in [2.45, 2.75) is 13.1 Å². The SMILES string of the molecule is Cc1nn(-c2ccccc2)c2nccc(N/N=C/c3ccc(C(F)(F)F)cc3)c12. The summed E-state index contributed by atoms with van der Waals surface area (Å²) >= 11 is 0. The molecule has 4 rings (SSSR count). The number of rotatable bonds is 4. The van der Waals surface area contributed by atoms with Crippen LogP contribution in [0.1, 0.15) is 16.8 Å². The Morgan fingerprint density at radius 2 is 1.72 bits per heavy atom. The molecule has 146 valence electrons. The second-order valence-electron chi connectivity index (χ2n) is 6.38. The van der Waals surface area contributed by atoms with Crippen LogP contribution >= 0.6 is 0 Å². The van der Waals surface area contributed by atoms with Gasteiger partial charge in [-0.2, -0.15) is 23.4 Å². The Morgan fingerprint density at radius 1 is 1.00 bits per heavy atom. The Hall–Kier alpha value is -3.68. The van der Waals surface area contributed by atoms with Crippen LogP contribution in [0.4, 0.5) is 18.9 Å². The molecular formula is C21H16F3N5. The standard InChI is InChI=1S/C21H16F3N5/c1-14-19-18(27-26-13-15-7-9-16(10-8-15)21(22,23)24)11-12-25-20(19)29(28-14)17-5-3-2-4-6-17/h2-13H,1H3,(H,25,27)/b26-13+. The maximum Gasteiger partial charge on any atom is 0.416 e. The Kier molecular flexibility index (Phi) is 4.75. The number of benzene rings is 2. The summed E-state index contributed by atoms with van der Waals surface area (Å²) in [6.07, 6.45) is -1.24. The van der Waals surface area contributed by atoms with Gasteiger partial charge in [-0.1, -0.05) is 30.3 Å². The zero-order valence-corrected chi connectivity index (χ0v) is 15.4. The Bertz CT molecular complexity index is 1160. The molecular weight excluding hydrogens is 379 g/mol. The van der Waals surface area contributed by atoms with Crippen LogP contribution in [0, 0.1) is 6.92 Å². The van der Waals surface area contributed by atoms with Crippen molar-refractivity contribution < 1.29 is 13.2 Å². The lowest BCUT2D eigenvalue weighted by molar-refractivity contribution is -0.137. The number of fused-ring (bicyclic) bond motifs is 1. The highest BCUT2D eigenvalue weighted by Gasteiger charge is 2.29. The van der Waals surface area contributed by atoms with Crippen molar-refractivity contribution >= 4 is 22.9 Å². The van der Waals surface area contributed by atoms with Crippen LogP contribution in [-0.4, -0.2) is 21.0 Å². The third-order valence-electron chi connectivity index (χ3n) is 4.38. The number of hydrogen-bond donors (Lipinski definition) is 1. The molecule has 0 saturated heterocycles. The second kappa shape index (κ2) is 7.38. The molecule has 5 nitrogen and oxygen atoms in total. The normalized spacial score (nSPS) is 12.0. The Morgan fingerprint density at radius 3 is 2.41 bits per heavy atom. The number of nitrogens with one attached hydrogen (secondary N) is 1. The van der Waals surface area contributed by atoms with E-state index in [1.165, 1.54) is 18.3 Å². The predicted molar refractivity (Wildman–Crippen MR) is 106 cm³/mol. The maximum absolute atomic E-state index is 12.6. The van der Waals surface area contributed by atoms with E-state index in [-0.39, 0.29) is 0 Å². The molecule has 0 aliphatic heterocycles. The van der Waals surface area contributed by atoms with E-state index >= 15 is 0 Å². The van der Waals surface area contributed by atoms with Gasteiger partial charge in [0.1, 0.15) is 0 Å². The number of halogens is 3. The lowest BCUT2D eigenvalue weighted by Crippen LogP contribution is -2.04. The van der Waals surface area contributed by atoms with Crippen molar-refractivity contribution in [3.8, 4) is 5.69 Å². The van der Waals surface area contributed by atoms with Gasteiger partial charge in [-0.3, -0.25) is 5.43 Å². The van der Waals surface area contributed by atoms with Gasteiger partial charge in [-0.15, -0.1) is 0 Å². The molecule has 0 aliphatic rings. The summed E-state index contributed by atoms with van der Waals surface area (Å²) in [5.74, 6) is 0. The molecule has 8 heteroatoms. The minimum absolute atomic E-state index is 0.549. The van der Waals surface area contributed by atoms with Crippen LogP contribution in [0.25, 0.3) is 16.7 Å². The molecule has 0 spiro atoms. The number of nitrogens with zero attached hydrogens (tertiary/aromatic N) is 4. The van der Waals surface area contributed by atoms with Crippen molar-refractivity contribution in [2.24, 2.45) is 5.10 Å². The molecule has 0 atom stereocenters. The van der Waals surface area contributed by atoms with E-state index in [0.29, 0.717) is 16.9 Å². The zero-order chi connectivity index (χ0) is 20.4. The van der Waals surface area contributed by atoms with Crippen LogP contribution in [-0.2, 0) is 6.18 Å². The Balaban J connectivity index is 1.60. The number of alkyl halides is 3. The van der Waals surface area contributed by atoms with Gasteiger partial charge < -0.3 is 0 Å². The molecule has 0 radical (unpaired) electrons. The highest BCUT2D eigenvalue weighted by molar-refractivity contribution is 5.92. The molecule has 29 heavy (non-hydrogen) atoms. The van der Waals surface area contributed by atoms with Gasteiger partial charge in [0.25, 0.3) is 0 Å². The number of hydrogen-bond acceptors (Lipinski definition) is 4. The van der Waals surface area contributed by atoms with Crippen molar-refractivity contribution in [1.29, 1.82) is 0 Å². The number of para-hydroxylation sites is 1. The quantitative estimate of drug-likeness (QED) is 0.382. The lowest BCUT2D eigenvalue weighted by atomic mass is 10.1. The van der Waals surface area contributed by atoms with Crippen LogP contribution in [0.2, 0.25) is 0 Å². The van der Waals surface area contributed by atoms with Gasteiger partial charge in [0, 0.05) is 6.20 Å². The van der Waals surface area contributed by atoms with Crippen LogP contribution in [0.3, 0.4) is 0 Å². The topological polar surface area (TPSA) is 55.1 Å². The van der Waals surface area contributed by atoms with E-state index in [0.717, 1.165) is 28.9 Å². The van der Waals surface area contributed by atoms with Gasteiger partial charge in [-0.25, -0.2) is 9.67 Å². The lowest BCUT2D eigenvalue weighted by Gasteiger charge is -2.06. The van der Waals surface area contributed by atoms with Crippen molar-refractivity contribution in [1.82, 2.24) is 14.8 Å². The molecule has 2 aromatic carbocycles. The average molecular weight is 395 g/mol. The summed E-state index contributed by atoms with van der Waals surface area (Å²) in [7, 11) is 0. The summed E-state index contributed by atoms with van der Waals surface area (Å²) < 4.78 is 39.7. The van der Waals surface area contributed by atoms with Crippen molar-refractivity contribution in [3.05, 3.63) is 83.7 Å². The van der Waals surface area contributed by atoms with E-state index in [9.17, 15) is 13.2 Å². The highest BCUT2D eigenvalue weighted by atomic mass is 19.4. The van der Waals surface area contributed by atoms with E-state index < -0.39 is 11.7 Å². The molecule has 1 N–H and O–H groups in total. The minimum atomic E-state index is -4.35. The summed E-state index contributed by atoms with van der Waals surface area (Å²) in [5.41, 5.74) is 5.86. The third kappa shape index (κ3) is 3.82. The number of aryl methyl sites for hydroxylation is 1. The molecule has 2 aromatic heterocycles. The van der Waals surface area contributed by atoms with Gasteiger partial charge in [0.15, 0.2) is 5.65 Å². The maximum atomic E-state index is 12.6. The van der Waals surface area contributed by atoms with Crippen LogP contribution in [0.5, 0.6) is 0 Å². The molecule has 4 aromatic rings. The fourth-order valence-electron chi connectivity index (χ4n) is 2.99. The highest BCUT2D eigenvalue weighted by Crippen LogP contribution is 2.29. The third-order valence-corrected chi connectivity index (χ3v) is 4.38. The van der Waals surface area contributed by atoms with Gasteiger partial charge in [0.2, 0.25) is 0 Å². The van der Waals surface area contributed by atoms with Crippen molar-refractivity contribution in [3.63, 3.8) is 0 Å². The summed E-state index contributed by atoms with van der Waals surface area (Å²) in [6, 6.07) is 16.2. The van der Waals surface area contributed by atoms with E-state index in [1.54, 1.807) is 16.9 Å². The fourth-order valence-corrected chi connectivity index (χ4v) is 2.99. The van der Waals surface area contributed by atoms with Crippen LogP contribution in [0.15, 0.2) is 72.0 Å². The molecule has 0 amide bonds. The molecule has 0 unspecified atom stereocenters. The molecule has 2 heterocycles. The average Bonchev–Trinajstić information content (AvgIpc) is 3.06. The number of aromatic nitrogens is 3. The molecule has 0 saturated carbocycles. The molecule has 0 fully saturated rings. The number of anilines is 1. The zero-order valence-electron chi connectivity index (χ0n) is 15.4. The number of hydrazone groups is 1. The predicted octanol–water partition coefficient (Wildman–Crippen LogP) is 5.19. The summed E-state index contributed by atoms with van der Waals surface area (Å²) in [4.78, 5) is 4.44. The van der Waals surface area contributed by atoms with E-state index in [1.807, 2.05) is 37.3 Å². The second-order valence-corrected chi connectivity index (χ2v) is 6.38. The van der Waals surface area contributed by atoms with Gasteiger partial charge >= 0.3 is 6.18 Å². The monoisotopic (exact) mass is 395 g/mol. The first-order valence-corrected chi connectivity index (χ1v) is 8.79. The van der Waals surface area contributed by atoms with Gasteiger partial charge in [-0.05, 0) is 42.8 Å². The smallest absolute Gasteiger partial charge is 0.278 e. The molecule has 0 bridgehead atoms. The molecule has 0 aliphatic carbocycles.